The normalized spacial score (nSPS) is 12.9. The van der Waals surface area contributed by atoms with Gasteiger partial charge < -0.3 is 9.13 Å². The predicted molar refractivity (Wildman–Crippen MR) is 318 cm³/mol. The molecule has 0 saturated heterocycles. The standard InChI is InChI=1S/C71H46N6/c1-71(2)60-34-33-55-57-40-45(46-29-35-61-58(41-46)59-42-72-38-37-63(59)76(61)48-22-10-5-11-23-48)30-36-62(57)77(67(55)65(60)56-32-31-54-52-27-13-12-25-50(52)51-26-14-15-28-53(51)64(54)66(56)71)49-24-16-21-47(39-49)70-74-68(43-17-6-3-7-18-43)73-69(75-70)44-19-8-4-9-20-44/h3-42H,1-2H3. The molecule has 4 heterocycles. The Kier molecular flexibility index (Phi) is 9.28. The molecule has 0 unspecified atom stereocenters. The third kappa shape index (κ3) is 6.42. The number of benzene rings is 11. The third-order valence-electron chi connectivity index (χ3n) is 16.4. The van der Waals surface area contributed by atoms with Crippen molar-refractivity contribution in [2.75, 3.05) is 0 Å². The van der Waals surface area contributed by atoms with Crippen LogP contribution in [0.2, 0.25) is 0 Å². The van der Waals surface area contributed by atoms with Crippen molar-refractivity contribution in [2.45, 2.75) is 19.3 Å². The van der Waals surface area contributed by atoms with Gasteiger partial charge in [-0.05, 0) is 115 Å². The van der Waals surface area contributed by atoms with Crippen LogP contribution >= 0.6 is 0 Å². The van der Waals surface area contributed by atoms with E-state index in [1.54, 1.807) is 0 Å². The monoisotopic (exact) mass is 982 g/mol. The van der Waals surface area contributed by atoms with Crippen LogP contribution in [0.15, 0.2) is 243 Å². The second kappa shape index (κ2) is 16.5. The van der Waals surface area contributed by atoms with Crippen LogP contribution in [0.1, 0.15) is 25.0 Å². The van der Waals surface area contributed by atoms with Crippen molar-refractivity contribution in [2.24, 2.45) is 0 Å². The van der Waals surface area contributed by atoms with Crippen molar-refractivity contribution in [1.29, 1.82) is 0 Å². The Balaban J connectivity index is 0.961. The topological polar surface area (TPSA) is 61.4 Å². The molecule has 0 N–H and O–H groups in total. The van der Waals surface area contributed by atoms with E-state index in [-0.39, 0.29) is 5.41 Å². The number of pyridine rings is 1. The average molecular weight is 983 g/mol. The highest BCUT2D eigenvalue weighted by molar-refractivity contribution is 6.28. The molecule has 4 aromatic heterocycles. The van der Waals surface area contributed by atoms with Crippen molar-refractivity contribution < 1.29 is 0 Å². The zero-order chi connectivity index (χ0) is 50.9. The highest BCUT2D eigenvalue weighted by Crippen LogP contribution is 2.57. The molecule has 11 aromatic carbocycles. The first-order valence-electron chi connectivity index (χ1n) is 26.4. The molecule has 77 heavy (non-hydrogen) atoms. The van der Waals surface area contributed by atoms with Gasteiger partial charge >= 0.3 is 0 Å². The van der Waals surface area contributed by atoms with Gasteiger partial charge in [-0.15, -0.1) is 0 Å². The van der Waals surface area contributed by atoms with Gasteiger partial charge in [-0.25, -0.2) is 15.0 Å². The first kappa shape index (κ1) is 43.4. The SMILES string of the molecule is CC1(C)c2ccc3c4cc(-c5ccc6c(c5)c5cnccc5n6-c5ccccc5)ccc4n(-c4cccc(-c5nc(-c6ccccc6)nc(-c6ccccc6)n5)c4)c3c2-c2ccc3c4ccccc4c4ccccc4c3c21. The minimum absolute atomic E-state index is 0.326. The summed E-state index contributed by atoms with van der Waals surface area (Å²) >= 11 is 0. The van der Waals surface area contributed by atoms with Gasteiger partial charge in [0.15, 0.2) is 17.5 Å². The molecule has 1 aliphatic carbocycles. The smallest absolute Gasteiger partial charge is 0.164 e. The average Bonchev–Trinajstić information content (AvgIpc) is 4.16. The Hall–Kier alpha value is -10.0. The lowest BCUT2D eigenvalue weighted by atomic mass is 9.78. The molecule has 360 valence electrons. The Labute approximate surface area is 443 Å². The van der Waals surface area contributed by atoms with Crippen molar-refractivity contribution in [3.05, 3.63) is 254 Å². The number of fused-ring (bicyclic) bond motifs is 17. The summed E-state index contributed by atoms with van der Waals surface area (Å²) in [5, 5.41) is 12.4. The first-order valence-corrected chi connectivity index (χ1v) is 26.4. The van der Waals surface area contributed by atoms with Gasteiger partial charge in [-0.2, -0.15) is 0 Å². The number of nitrogens with zero attached hydrogens (tertiary/aromatic N) is 6. The Morgan fingerprint density at radius 2 is 0.857 bits per heavy atom. The summed E-state index contributed by atoms with van der Waals surface area (Å²) in [6, 6.07) is 83.3. The Morgan fingerprint density at radius 1 is 0.351 bits per heavy atom. The lowest BCUT2D eigenvalue weighted by Crippen LogP contribution is -2.15. The molecule has 0 atom stereocenters. The molecule has 0 saturated carbocycles. The number of hydrogen-bond acceptors (Lipinski definition) is 4. The van der Waals surface area contributed by atoms with Gasteiger partial charge in [0.25, 0.3) is 0 Å². The van der Waals surface area contributed by atoms with Crippen molar-refractivity contribution in [3.63, 3.8) is 0 Å². The van der Waals surface area contributed by atoms with Crippen LogP contribution in [0.5, 0.6) is 0 Å². The summed E-state index contributed by atoms with van der Waals surface area (Å²) in [7, 11) is 0. The van der Waals surface area contributed by atoms with E-state index >= 15 is 0 Å². The van der Waals surface area contributed by atoms with E-state index in [2.05, 4.69) is 222 Å². The van der Waals surface area contributed by atoms with Gasteiger partial charge in [0.05, 0.1) is 22.1 Å². The summed E-state index contributed by atoms with van der Waals surface area (Å²) in [5.41, 5.74) is 16.7. The zero-order valence-corrected chi connectivity index (χ0v) is 42.3. The maximum atomic E-state index is 5.20. The molecule has 0 bridgehead atoms. The number of rotatable bonds is 6. The maximum Gasteiger partial charge on any atom is 0.164 e. The van der Waals surface area contributed by atoms with E-state index < -0.39 is 0 Å². The molecule has 1 aliphatic rings. The highest BCUT2D eigenvalue weighted by Gasteiger charge is 2.40. The number of aromatic nitrogens is 6. The molecule has 16 rings (SSSR count). The second-order valence-electron chi connectivity index (χ2n) is 21.0. The van der Waals surface area contributed by atoms with Crippen LogP contribution in [0.3, 0.4) is 0 Å². The van der Waals surface area contributed by atoms with E-state index in [9.17, 15) is 0 Å². The van der Waals surface area contributed by atoms with Gasteiger partial charge in [0.1, 0.15) is 0 Å². The highest BCUT2D eigenvalue weighted by atomic mass is 15.0. The molecule has 0 radical (unpaired) electrons. The minimum Gasteiger partial charge on any atom is -0.309 e. The molecular formula is C71H46N6. The molecular weight excluding hydrogens is 937 g/mol. The summed E-state index contributed by atoms with van der Waals surface area (Å²) in [6.45, 7) is 4.85. The minimum atomic E-state index is -0.326. The quantitative estimate of drug-likeness (QED) is 0.156. The molecule has 0 spiro atoms. The van der Waals surface area contributed by atoms with Gasteiger partial charge in [0.2, 0.25) is 0 Å². The van der Waals surface area contributed by atoms with Crippen molar-refractivity contribution in [1.82, 2.24) is 29.1 Å². The number of hydrogen-bond donors (Lipinski definition) is 0. The Bertz CT molecular complexity index is 4840. The first-order chi connectivity index (χ1) is 38.0. The Morgan fingerprint density at radius 3 is 1.52 bits per heavy atom. The third-order valence-corrected chi connectivity index (χ3v) is 16.4. The lowest BCUT2D eigenvalue weighted by Gasteiger charge is -2.24. The zero-order valence-electron chi connectivity index (χ0n) is 42.3. The molecule has 6 heteroatoms. The van der Waals surface area contributed by atoms with Crippen molar-refractivity contribution >= 4 is 75.9 Å². The fraction of sp³-hybridized carbons (Fsp3) is 0.0423. The second-order valence-corrected chi connectivity index (χ2v) is 21.0. The summed E-state index contributed by atoms with van der Waals surface area (Å²) in [5.74, 6) is 1.88. The number of para-hydroxylation sites is 1. The predicted octanol–water partition coefficient (Wildman–Crippen LogP) is 17.9. The van der Waals surface area contributed by atoms with Crippen LogP contribution in [-0.2, 0) is 5.41 Å². The van der Waals surface area contributed by atoms with Gasteiger partial charge in [0, 0.05) is 73.0 Å². The molecule has 0 aliphatic heterocycles. The summed E-state index contributed by atoms with van der Waals surface area (Å²) in [4.78, 5) is 20.0. The van der Waals surface area contributed by atoms with E-state index in [0.29, 0.717) is 17.5 Å². The summed E-state index contributed by atoms with van der Waals surface area (Å²) < 4.78 is 4.85. The molecule has 6 nitrogen and oxygen atoms in total. The molecule has 0 amide bonds. The molecule has 0 fully saturated rings. The van der Waals surface area contributed by atoms with Crippen LogP contribution in [0.25, 0.3) is 144 Å². The van der Waals surface area contributed by atoms with Crippen LogP contribution in [0, 0.1) is 0 Å². The van der Waals surface area contributed by atoms with Gasteiger partial charge in [-0.1, -0.05) is 190 Å². The van der Waals surface area contributed by atoms with Crippen LogP contribution in [-0.4, -0.2) is 29.1 Å². The maximum absolute atomic E-state index is 5.20. The van der Waals surface area contributed by atoms with Gasteiger partial charge in [-0.3, -0.25) is 4.98 Å². The lowest BCUT2D eigenvalue weighted by molar-refractivity contribution is 0.667. The fourth-order valence-electron chi connectivity index (χ4n) is 13.0. The molecule has 15 aromatic rings. The van der Waals surface area contributed by atoms with E-state index in [4.69, 9.17) is 15.0 Å². The van der Waals surface area contributed by atoms with Crippen molar-refractivity contribution in [3.8, 4) is 67.8 Å². The van der Waals surface area contributed by atoms with E-state index in [1.165, 1.54) is 76.2 Å². The fourth-order valence-corrected chi connectivity index (χ4v) is 13.0. The summed E-state index contributed by atoms with van der Waals surface area (Å²) in [6.07, 6.45) is 3.89. The largest absolute Gasteiger partial charge is 0.309 e. The van der Waals surface area contributed by atoms with E-state index in [1.807, 2.05) is 48.8 Å². The van der Waals surface area contributed by atoms with E-state index in [0.717, 1.165) is 61.1 Å². The van der Waals surface area contributed by atoms with Crippen LogP contribution < -0.4 is 0 Å². The van der Waals surface area contributed by atoms with Crippen LogP contribution in [0.4, 0.5) is 0 Å².